The number of carbonyl (C=O) groups is 2. The first-order valence-corrected chi connectivity index (χ1v) is 11.4. The molecule has 2 aromatic rings. The fourth-order valence-electron chi connectivity index (χ4n) is 3.35. The van der Waals surface area contributed by atoms with Gasteiger partial charge in [0.05, 0.1) is 11.4 Å². The van der Waals surface area contributed by atoms with Gasteiger partial charge in [-0.25, -0.2) is 14.6 Å². The summed E-state index contributed by atoms with van der Waals surface area (Å²) < 4.78 is 11.4. The van der Waals surface area contributed by atoms with Crippen LogP contribution in [0.2, 0.25) is 0 Å². The van der Waals surface area contributed by atoms with Crippen molar-refractivity contribution in [3.8, 4) is 0 Å². The van der Waals surface area contributed by atoms with Crippen molar-refractivity contribution < 1.29 is 19.1 Å². The maximum absolute atomic E-state index is 13.6. The Bertz CT molecular complexity index is 1100. The Balaban J connectivity index is 2.28. The molecule has 2 aromatic carbocycles. The van der Waals surface area contributed by atoms with Crippen molar-refractivity contribution in [3.63, 3.8) is 0 Å². The summed E-state index contributed by atoms with van der Waals surface area (Å²) in [5.74, 6) is 0.275. The van der Waals surface area contributed by atoms with Crippen molar-refractivity contribution in [3.05, 3.63) is 59.7 Å². The summed E-state index contributed by atoms with van der Waals surface area (Å²) in [5, 5.41) is 2.41. The summed E-state index contributed by atoms with van der Waals surface area (Å²) in [6.45, 7) is 16.9. The van der Waals surface area contributed by atoms with Gasteiger partial charge in [-0.05, 0) is 64.7 Å². The van der Waals surface area contributed by atoms with Crippen LogP contribution in [0.1, 0.15) is 73.4 Å². The molecule has 0 unspecified atom stereocenters. The van der Waals surface area contributed by atoms with Crippen molar-refractivity contribution in [1.29, 1.82) is 0 Å². The van der Waals surface area contributed by atoms with E-state index in [4.69, 9.17) is 14.5 Å². The van der Waals surface area contributed by atoms with Crippen molar-refractivity contribution in [1.82, 2.24) is 5.01 Å². The lowest BCUT2D eigenvalue weighted by Gasteiger charge is -2.40. The predicted octanol–water partition coefficient (Wildman–Crippen LogP) is 6.97. The lowest BCUT2D eigenvalue weighted by atomic mass is 9.86. The van der Waals surface area contributed by atoms with Crippen LogP contribution in [0.25, 0.3) is 0 Å². The molecule has 0 atom stereocenters. The van der Waals surface area contributed by atoms with Crippen LogP contribution in [-0.4, -0.2) is 34.2 Å². The summed E-state index contributed by atoms with van der Waals surface area (Å²) in [4.78, 5) is 31.9. The highest BCUT2D eigenvalue weighted by Crippen LogP contribution is 2.40. The maximum atomic E-state index is 13.6. The smallest absolute Gasteiger partial charge is 0.436 e. The minimum Gasteiger partial charge on any atom is -0.442 e. The number of nitrogens with zero attached hydrogens (tertiary/aromatic N) is 3. The highest BCUT2D eigenvalue weighted by molar-refractivity contribution is 6.14. The van der Waals surface area contributed by atoms with Crippen LogP contribution in [0, 0.1) is 0 Å². The van der Waals surface area contributed by atoms with E-state index in [0.29, 0.717) is 16.9 Å². The van der Waals surface area contributed by atoms with Gasteiger partial charge >= 0.3 is 12.2 Å². The third-order valence-corrected chi connectivity index (χ3v) is 4.86. The molecule has 1 heterocycles. The molecule has 0 aliphatic carbocycles. The van der Waals surface area contributed by atoms with E-state index in [1.807, 2.05) is 48.5 Å². The second-order valence-electron chi connectivity index (χ2n) is 11.3. The summed E-state index contributed by atoms with van der Waals surface area (Å²) in [6, 6.07) is 15.0. The van der Waals surface area contributed by atoms with Gasteiger partial charge in [-0.3, -0.25) is 0 Å². The van der Waals surface area contributed by atoms with Gasteiger partial charge in [-0.15, -0.1) is 0 Å². The number of anilines is 1. The van der Waals surface area contributed by atoms with Crippen molar-refractivity contribution in [2.45, 2.75) is 78.9 Å². The summed E-state index contributed by atoms with van der Waals surface area (Å²) >= 11 is 0. The van der Waals surface area contributed by atoms with E-state index in [2.05, 4.69) is 20.8 Å². The quantitative estimate of drug-likeness (QED) is 0.456. The molecule has 2 amide bonds. The zero-order valence-electron chi connectivity index (χ0n) is 21.6. The molecule has 0 N–H and O–H groups in total. The number of hydrogen-bond donors (Lipinski definition) is 0. The highest BCUT2D eigenvalue weighted by atomic mass is 16.6. The van der Waals surface area contributed by atoms with Crippen molar-refractivity contribution in [2.24, 2.45) is 4.99 Å². The lowest BCUT2D eigenvalue weighted by Crippen LogP contribution is -2.57. The van der Waals surface area contributed by atoms with E-state index < -0.39 is 23.4 Å². The number of aliphatic imine (C=N–C) groups is 1. The number of carbonyl (C=O) groups excluding carboxylic acids is 2. The first-order valence-electron chi connectivity index (χ1n) is 11.4. The topological polar surface area (TPSA) is 71.4 Å². The molecule has 1 aliphatic heterocycles. The number of amidine groups is 1. The first kappa shape index (κ1) is 25.3. The molecule has 182 valence electrons. The predicted molar refractivity (Wildman–Crippen MR) is 135 cm³/mol. The monoisotopic (exact) mass is 465 g/mol. The number of hydrogen-bond acceptors (Lipinski definition) is 5. The van der Waals surface area contributed by atoms with E-state index in [1.165, 1.54) is 10.0 Å². The van der Waals surface area contributed by atoms with Gasteiger partial charge in [0.2, 0.25) is 0 Å². The maximum Gasteiger partial charge on any atom is 0.436 e. The molecular formula is C27H35N3O4. The third-order valence-electron chi connectivity index (χ3n) is 4.86. The molecule has 0 aromatic heterocycles. The molecule has 0 saturated heterocycles. The van der Waals surface area contributed by atoms with Gasteiger partial charge in [-0.2, -0.15) is 10.0 Å². The molecule has 0 spiro atoms. The molecule has 34 heavy (non-hydrogen) atoms. The van der Waals surface area contributed by atoms with Crippen LogP contribution in [-0.2, 0) is 14.9 Å². The zero-order valence-corrected chi connectivity index (χ0v) is 21.6. The molecule has 0 bridgehead atoms. The largest absolute Gasteiger partial charge is 0.442 e. The third kappa shape index (κ3) is 5.76. The molecule has 3 rings (SSSR count). The zero-order chi connectivity index (χ0) is 25.5. The molecule has 0 saturated carbocycles. The normalized spacial score (nSPS) is 14.3. The number of benzene rings is 2. The average molecular weight is 466 g/mol. The number of amides is 2. The second kappa shape index (κ2) is 8.78. The molecule has 0 fully saturated rings. The Hall–Kier alpha value is -3.35. The van der Waals surface area contributed by atoms with E-state index in [9.17, 15) is 9.59 Å². The van der Waals surface area contributed by atoms with E-state index in [0.717, 1.165) is 5.56 Å². The standard InChI is InChI=1S/C27H35N3O4/c1-25(2,3)19-15-16-20-21(17-19)29(23(31)33-26(4,5)6)30(24(32)34-27(7,8)9)22(28-20)18-13-11-10-12-14-18/h10-17H,1-9H3. The first-order chi connectivity index (χ1) is 15.6. The second-order valence-corrected chi connectivity index (χ2v) is 11.3. The Kier molecular flexibility index (Phi) is 6.53. The van der Waals surface area contributed by atoms with Gasteiger partial charge in [-0.1, -0.05) is 57.2 Å². The number of rotatable bonds is 1. The molecule has 7 nitrogen and oxygen atoms in total. The van der Waals surface area contributed by atoms with Crippen LogP contribution in [0.3, 0.4) is 0 Å². The van der Waals surface area contributed by atoms with Gasteiger partial charge in [0.15, 0.2) is 5.84 Å². The minimum atomic E-state index is -0.786. The lowest BCUT2D eigenvalue weighted by molar-refractivity contribution is 0.0256. The van der Waals surface area contributed by atoms with Crippen LogP contribution >= 0.6 is 0 Å². The fraction of sp³-hybridized carbons (Fsp3) is 0.444. The number of fused-ring (bicyclic) bond motifs is 1. The average Bonchev–Trinajstić information content (AvgIpc) is 2.69. The molecular weight excluding hydrogens is 430 g/mol. The molecule has 0 radical (unpaired) electrons. The molecule has 7 heteroatoms. The Morgan fingerprint density at radius 1 is 0.735 bits per heavy atom. The molecule has 1 aliphatic rings. The van der Waals surface area contributed by atoms with Crippen molar-refractivity contribution in [2.75, 3.05) is 5.01 Å². The van der Waals surface area contributed by atoms with Gasteiger partial charge in [0.25, 0.3) is 0 Å². The highest BCUT2D eigenvalue weighted by Gasteiger charge is 2.42. The number of hydrazine groups is 1. The summed E-state index contributed by atoms with van der Waals surface area (Å²) in [7, 11) is 0. The Morgan fingerprint density at radius 2 is 1.26 bits per heavy atom. The minimum absolute atomic E-state index is 0.186. The van der Waals surface area contributed by atoms with Gasteiger partial charge in [0, 0.05) is 5.56 Å². The fourth-order valence-corrected chi connectivity index (χ4v) is 3.35. The van der Waals surface area contributed by atoms with E-state index >= 15 is 0 Å². The van der Waals surface area contributed by atoms with Crippen LogP contribution < -0.4 is 5.01 Å². The summed E-state index contributed by atoms with van der Waals surface area (Å²) in [6.07, 6.45) is -1.43. The van der Waals surface area contributed by atoms with Gasteiger partial charge < -0.3 is 9.47 Å². The van der Waals surface area contributed by atoms with Crippen molar-refractivity contribution >= 4 is 29.4 Å². The van der Waals surface area contributed by atoms with Crippen LogP contribution in [0.4, 0.5) is 21.0 Å². The van der Waals surface area contributed by atoms with Crippen LogP contribution in [0.15, 0.2) is 53.5 Å². The van der Waals surface area contributed by atoms with Crippen LogP contribution in [0.5, 0.6) is 0 Å². The van der Waals surface area contributed by atoms with E-state index in [1.54, 1.807) is 41.5 Å². The Morgan fingerprint density at radius 3 is 1.76 bits per heavy atom. The van der Waals surface area contributed by atoms with E-state index in [-0.39, 0.29) is 11.3 Å². The SMILES string of the molecule is CC(C)(C)OC(=O)N1C(c2ccccc2)=Nc2ccc(C(C)(C)C)cc2N1C(=O)OC(C)(C)C. The van der Waals surface area contributed by atoms with Gasteiger partial charge in [0.1, 0.15) is 11.2 Å². The Labute approximate surface area is 202 Å². The summed E-state index contributed by atoms with van der Waals surface area (Å²) in [5.41, 5.74) is 0.903. The number of ether oxygens (including phenoxy) is 2.